The van der Waals surface area contributed by atoms with E-state index in [4.69, 9.17) is 10.8 Å². The maximum absolute atomic E-state index is 9.15. The Morgan fingerprint density at radius 1 is 0.375 bits per heavy atom. The number of rotatable bonds is 10. The van der Waals surface area contributed by atoms with E-state index in [0.29, 0.717) is 11.4 Å². The summed E-state index contributed by atoms with van der Waals surface area (Å²) in [5, 5.41) is 29.7. The zero-order valence-corrected chi connectivity index (χ0v) is 26.3. The normalized spacial score (nSPS) is 11.8. The van der Waals surface area contributed by atoms with E-state index < -0.39 is 0 Å². The van der Waals surface area contributed by atoms with Crippen molar-refractivity contribution in [1.29, 1.82) is 10.8 Å². The highest BCUT2D eigenvalue weighted by molar-refractivity contribution is 6.18. The maximum atomic E-state index is 9.15. The van der Waals surface area contributed by atoms with Gasteiger partial charge in [0.25, 0.3) is 0 Å². The molecule has 0 spiro atoms. The molecule has 0 aliphatic heterocycles. The van der Waals surface area contributed by atoms with Gasteiger partial charge < -0.3 is 21.5 Å². The number of nitrogens with one attached hydrogen (secondary N) is 4. The molecule has 7 rings (SSSR count). The summed E-state index contributed by atoms with van der Waals surface area (Å²) >= 11 is 0. The molecule has 0 aliphatic rings. The van der Waals surface area contributed by atoms with Crippen molar-refractivity contribution in [3.8, 4) is 0 Å². The van der Waals surface area contributed by atoms with Crippen LogP contribution in [0.1, 0.15) is 22.3 Å². The van der Waals surface area contributed by atoms with Gasteiger partial charge in [0.05, 0.1) is 11.4 Å². The first-order valence-corrected chi connectivity index (χ1v) is 15.9. The highest BCUT2D eigenvalue weighted by Gasteiger charge is 2.12. The number of benzene rings is 7. The molecule has 0 fully saturated rings. The Balaban J connectivity index is 1.27. The van der Waals surface area contributed by atoms with Crippen molar-refractivity contribution in [3.63, 3.8) is 0 Å². The molecule has 4 nitrogen and oxygen atoms in total. The van der Waals surface area contributed by atoms with Crippen LogP contribution in [0, 0.1) is 10.8 Å². The van der Waals surface area contributed by atoms with Gasteiger partial charge in [-0.15, -0.1) is 0 Å². The summed E-state index contributed by atoms with van der Waals surface area (Å²) in [6.07, 6.45) is 3.80. The number of anilines is 2. The molecule has 4 heteroatoms. The van der Waals surface area contributed by atoms with Crippen LogP contribution in [-0.4, -0.2) is 11.4 Å². The first-order valence-electron chi connectivity index (χ1n) is 15.9. The highest BCUT2D eigenvalue weighted by atomic mass is 14.9. The average Bonchev–Trinajstić information content (AvgIpc) is 3.14. The quantitative estimate of drug-likeness (QED) is 0.115. The van der Waals surface area contributed by atoms with Crippen molar-refractivity contribution in [2.45, 2.75) is 0 Å². The van der Waals surface area contributed by atoms with Gasteiger partial charge in [0.2, 0.25) is 0 Å². The molecule has 48 heavy (non-hydrogen) atoms. The molecular weight excluding hydrogens is 585 g/mol. The van der Waals surface area contributed by atoms with Crippen molar-refractivity contribution in [3.05, 3.63) is 204 Å². The Morgan fingerprint density at radius 3 is 1.15 bits per heavy atom. The van der Waals surface area contributed by atoms with Gasteiger partial charge >= 0.3 is 0 Å². The van der Waals surface area contributed by atoms with Crippen molar-refractivity contribution in [2.24, 2.45) is 0 Å². The van der Waals surface area contributed by atoms with Crippen molar-refractivity contribution < 1.29 is 0 Å². The maximum Gasteiger partial charge on any atom is 0.0639 e. The predicted octanol–water partition coefficient (Wildman–Crippen LogP) is 11.0. The molecule has 0 unspecified atom stereocenters. The lowest BCUT2D eigenvalue weighted by Gasteiger charge is -2.16. The Kier molecular flexibility index (Phi) is 8.70. The van der Waals surface area contributed by atoms with Crippen LogP contribution >= 0.6 is 0 Å². The van der Waals surface area contributed by atoms with Crippen molar-refractivity contribution in [1.82, 2.24) is 0 Å². The summed E-state index contributed by atoms with van der Waals surface area (Å²) in [7, 11) is 0. The van der Waals surface area contributed by atoms with Crippen molar-refractivity contribution in [2.75, 3.05) is 10.6 Å². The molecule has 7 aromatic rings. The first-order chi connectivity index (χ1) is 23.6. The van der Waals surface area contributed by atoms with E-state index in [1.807, 2.05) is 121 Å². The topological polar surface area (TPSA) is 71.8 Å². The van der Waals surface area contributed by atoms with Gasteiger partial charge in [-0.1, -0.05) is 146 Å². The lowest BCUT2D eigenvalue weighted by atomic mass is 9.98. The fraction of sp³-hybridized carbons (Fsp3) is 0. The summed E-state index contributed by atoms with van der Waals surface area (Å²) in [5.74, 6) is 0. The van der Waals surface area contributed by atoms with Crippen LogP contribution < -0.4 is 10.6 Å². The number of hydrogen-bond acceptors (Lipinski definition) is 4. The van der Waals surface area contributed by atoms with Gasteiger partial charge in [-0.2, -0.15) is 0 Å². The number of allylic oxidation sites excluding steroid dienone is 2. The van der Waals surface area contributed by atoms with Gasteiger partial charge in [-0.25, -0.2) is 0 Å². The Bertz CT molecular complexity index is 2120. The molecule has 0 radical (unpaired) electrons. The van der Waals surface area contributed by atoms with E-state index >= 15 is 0 Å². The van der Waals surface area contributed by atoms with E-state index in [9.17, 15) is 0 Å². The van der Waals surface area contributed by atoms with Crippen LogP contribution in [-0.2, 0) is 0 Å². The lowest BCUT2D eigenvalue weighted by Crippen LogP contribution is -2.06. The average molecular weight is 619 g/mol. The minimum absolute atomic E-state index is 0.421. The Hall–Kier alpha value is -6.52. The fourth-order valence-electron chi connectivity index (χ4n) is 5.93. The smallest absolute Gasteiger partial charge is 0.0639 e. The molecule has 0 saturated heterocycles. The molecule has 0 saturated carbocycles. The number of para-hydroxylation sites is 2. The summed E-state index contributed by atoms with van der Waals surface area (Å²) in [4.78, 5) is 0. The zero-order valence-electron chi connectivity index (χ0n) is 26.3. The standard InChI is InChI=1S/C44H34N4/c45-41(39-23-11-15-31-13-7-9-21-37(31)39)29-43(47-35-17-3-1-4-18-35)33-25-27-34(28-26-33)44(48-36-19-5-2-6-20-36)30-42(46)40-24-12-16-32-14-8-10-22-38(32)40/h1-30,45-48H/b43-29-,44-30-,45-41?,46-42?. The molecule has 0 amide bonds. The summed E-state index contributed by atoms with van der Waals surface area (Å²) in [5.41, 5.74) is 7.98. The molecular formula is C44H34N4. The highest BCUT2D eigenvalue weighted by Crippen LogP contribution is 2.27. The zero-order chi connectivity index (χ0) is 32.7. The fourth-order valence-corrected chi connectivity index (χ4v) is 5.93. The van der Waals surface area contributed by atoms with Crippen LogP contribution in [0.4, 0.5) is 11.4 Å². The van der Waals surface area contributed by atoms with Crippen LogP contribution in [0.3, 0.4) is 0 Å². The van der Waals surface area contributed by atoms with E-state index in [1.54, 1.807) is 0 Å². The van der Waals surface area contributed by atoms with Gasteiger partial charge in [0, 0.05) is 33.9 Å². The van der Waals surface area contributed by atoms with Crippen molar-refractivity contribution >= 4 is 55.7 Å². The Morgan fingerprint density at radius 2 is 0.729 bits per heavy atom. The number of fused-ring (bicyclic) bond motifs is 2. The second-order valence-electron chi connectivity index (χ2n) is 11.6. The monoisotopic (exact) mass is 618 g/mol. The minimum Gasteiger partial charge on any atom is -0.355 e. The van der Waals surface area contributed by atoms with Gasteiger partial charge in [-0.3, -0.25) is 0 Å². The first kappa shape index (κ1) is 30.2. The summed E-state index contributed by atoms with van der Waals surface area (Å²) in [6, 6.07) is 56.8. The second kappa shape index (κ2) is 13.9. The molecule has 0 heterocycles. The third kappa shape index (κ3) is 6.69. The van der Waals surface area contributed by atoms with Crippen LogP contribution in [0.15, 0.2) is 182 Å². The largest absolute Gasteiger partial charge is 0.355 e. The van der Waals surface area contributed by atoms with Gasteiger partial charge in [-0.05, 0) is 69.1 Å². The van der Waals surface area contributed by atoms with E-state index in [2.05, 4.69) is 71.3 Å². The number of hydrogen-bond donors (Lipinski definition) is 4. The second-order valence-corrected chi connectivity index (χ2v) is 11.6. The van der Waals surface area contributed by atoms with Gasteiger partial charge in [0.15, 0.2) is 0 Å². The SMILES string of the molecule is N=C(/C=C(\Nc1ccccc1)c1ccc(/C(=C/C(=N)c2cccc3ccccc23)Nc2ccccc2)cc1)c1cccc2ccccc12. The molecule has 0 aliphatic carbocycles. The summed E-state index contributed by atoms with van der Waals surface area (Å²) in [6.45, 7) is 0. The molecule has 4 N–H and O–H groups in total. The summed E-state index contributed by atoms with van der Waals surface area (Å²) < 4.78 is 0. The molecule has 7 aromatic carbocycles. The van der Waals surface area contributed by atoms with Gasteiger partial charge in [0.1, 0.15) is 0 Å². The third-order valence-corrected chi connectivity index (χ3v) is 8.35. The van der Waals surface area contributed by atoms with Crippen LogP contribution in [0.25, 0.3) is 32.9 Å². The van der Waals surface area contributed by atoms with Crippen LogP contribution in [0.5, 0.6) is 0 Å². The molecule has 0 atom stereocenters. The molecule has 0 bridgehead atoms. The van der Waals surface area contributed by atoms with E-state index in [0.717, 1.165) is 66.6 Å². The van der Waals surface area contributed by atoms with Crippen LogP contribution in [0.2, 0.25) is 0 Å². The predicted molar refractivity (Wildman–Crippen MR) is 204 cm³/mol. The Labute approximate surface area is 280 Å². The minimum atomic E-state index is 0.421. The molecule has 230 valence electrons. The molecule has 0 aromatic heterocycles. The third-order valence-electron chi connectivity index (χ3n) is 8.35. The lowest BCUT2D eigenvalue weighted by molar-refractivity contribution is 1.47. The van der Waals surface area contributed by atoms with E-state index in [1.165, 1.54) is 0 Å². The van der Waals surface area contributed by atoms with E-state index in [-0.39, 0.29) is 0 Å².